The van der Waals surface area contributed by atoms with Crippen molar-refractivity contribution in [3.05, 3.63) is 42.0 Å². The van der Waals surface area contributed by atoms with Gasteiger partial charge in [0, 0.05) is 25.4 Å². The largest absolute Gasteiger partial charge is 0.481 e. The molecule has 0 bridgehead atoms. The lowest BCUT2D eigenvalue weighted by atomic mass is 9.87. The number of aliphatic hydroxyl groups is 1. The van der Waals surface area contributed by atoms with Crippen molar-refractivity contribution in [2.75, 3.05) is 19.8 Å². The van der Waals surface area contributed by atoms with Crippen LogP contribution in [0.25, 0.3) is 6.08 Å². The molecule has 1 saturated carbocycles. The molecule has 1 aliphatic carbocycles. The number of rotatable bonds is 9. The van der Waals surface area contributed by atoms with Crippen LogP contribution in [0.4, 0.5) is 0 Å². The molecule has 5 heteroatoms. The minimum Gasteiger partial charge on any atom is -0.481 e. The minimum absolute atomic E-state index is 0.105. The Labute approximate surface area is 167 Å². The molecule has 1 aromatic rings. The van der Waals surface area contributed by atoms with E-state index in [1.807, 2.05) is 30.4 Å². The zero-order chi connectivity index (χ0) is 19.8. The highest BCUT2D eigenvalue weighted by molar-refractivity contribution is 5.66. The van der Waals surface area contributed by atoms with E-state index < -0.39 is 5.97 Å². The molecule has 2 N–H and O–H groups in total. The van der Waals surface area contributed by atoms with Crippen LogP contribution in [-0.4, -0.2) is 48.2 Å². The Morgan fingerprint density at radius 1 is 1.25 bits per heavy atom. The Hall–Kier alpha value is -1.69. The molecule has 2 aliphatic rings. The van der Waals surface area contributed by atoms with Gasteiger partial charge in [0.05, 0.1) is 25.4 Å². The van der Waals surface area contributed by atoms with Crippen LogP contribution in [0.1, 0.15) is 44.1 Å². The second-order valence-corrected chi connectivity index (χ2v) is 8.08. The van der Waals surface area contributed by atoms with E-state index in [-0.39, 0.29) is 24.5 Å². The van der Waals surface area contributed by atoms with Gasteiger partial charge in [0.15, 0.2) is 0 Å². The summed E-state index contributed by atoms with van der Waals surface area (Å²) in [5.74, 6) is 0.149. The molecular formula is C23H32O5. The summed E-state index contributed by atoms with van der Waals surface area (Å²) in [6, 6.07) is 10.1. The number of ether oxygens (including phenoxy) is 2. The first-order chi connectivity index (χ1) is 13.6. The summed E-state index contributed by atoms with van der Waals surface area (Å²) in [7, 11) is 0. The van der Waals surface area contributed by atoms with Gasteiger partial charge >= 0.3 is 5.97 Å². The van der Waals surface area contributed by atoms with Gasteiger partial charge in [-0.05, 0) is 43.1 Å². The van der Waals surface area contributed by atoms with Crippen molar-refractivity contribution in [1.29, 1.82) is 0 Å². The lowest BCUT2D eigenvalue weighted by Gasteiger charge is -2.23. The average molecular weight is 389 g/mol. The van der Waals surface area contributed by atoms with Crippen molar-refractivity contribution >= 4 is 12.0 Å². The Morgan fingerprint density at radius 3 is 2.86 bits per heavy atom. The summed E-state index contributed by atoms with van der Waals surface area (Å²) in [6.45, 7) is 1.77. The van der Waals surface area contributed by atoms with Crippen LogP contribution >= 0.6 is 0 Å². The second kappa shape index (κ2) is 10.7. The number of hydrogen-bond acceptors (Lipinski definition) is 4. The standard InChI is InChI=1S/C23H32O5/c24-21-14-22-19(12-11-18(15-28-22)8-4-10-23(25)26)20(21)16-27-13-5-9-17-6-2-1-3-7-17/h1-3,5-7,9,18-22,24H,4,8,10-16H2,(H,25,26)/t18-,19+,20+,21+,22-/m0/s1. The van der Waals surface area contributed by atoms with Crippen LogP contribution in [0, 0.1) is 17.8 Å². The van der Waals surface area contributed by atoms with E-state index in [1.54, 1.807) is 0 Å². The summed E-state index contributed by atoms with van der Waals surface area (Å²) in [5, 5.41) is 19.3. The van der Waals surface area contributed by atoms with E-state index in [0.717, 1.165) is 24.8 Å². The van der Waals surface area contributed by atoms with E-state index in [2.05, 4.69) is 12.1 Å². The third kappa shape index (κ3) is 6.16. The Balaban J connectivity index is 1.42. The Kier molecular flexibility index (Phi) is 8.07. The topological polar surface area (TPSA) is 76.0 Å². The number of aliphatic hydroxyl groups excluding tert-OH is 1. The van der Waals surface area contributed by atoms with Gasteiger partial charge in [-0.25, -0.2) is 0 Å². The highest BCUT2D eigenvalue weighted by Gasteiger charge is 2.44. The maximum atomic E-state index is 10.7. The number of carboxylic acid groups (broad SMARTS) is 1. The molecule has 2 fully saturated rings. The lowest BCUT2D eigenvalue weighted by molar-refractivity contribution is -0.137. The number of carboxylic acids is 1. The van der Waals surface area contributed by atoms with Crippen LogP contribution in [0.3, 0.4) is 0 Å². The smallest absolute Gasteiger partial charge is 0.303 e. The number of aliphatic carboxylic acids is 1. The molecule has 0 unspecified atom stereocenters. The van der Waals surface area contributed by atoms with E-state index in [9.17, 15) is 9.90 Å². The third-order valence-corrected chi connectivity index (χ3v) is 6.09. The van der Waals surface area contributed by atoms with Crippen molar-refractivity contribution in [2.45, 2.75) is 50.7 Å². The number of fused-ring (bicyclic) bond motifs is 1. The highest BCUT2D eigenvalue weighted by Crippen LogP contribution is 2.41. The highest BCUT2D eigenvalue weighted by atomic mass is 16.5. The fourth-order valence-electron chi connectivity index (χ4n) is 4.54. The summed E-state index contributed by atoms with van der Waals surface area (Å²) in [5.41, 5.74) is 1.15. The van der Waals surface area contributed by atoms with Crippen molar-refractivity contribution in [3.8, 4) is 0 Å². The first-order valence-electron chi connectivity index (χ1n) is 10.4. The van der Waals surface area contributed by atoms with Crippen LogP contribution < -0.4 is 0 Å². The zero-order valence-corrected chi connectivity index (χ0v) is 16.4. The molecule has 0 aromatic heterocycles. The average Bonchev–Trinajstić information content (AvgIpc) is 2.84. The molecule has 0 radical (unpaired) electrons. The quantitative estimate of drug-likeness (QED) is 0.630. The zero-order valence-electron chi connectivity index (χ0n) is 16.4. The molecule has 0 amide bonds. The lowest BCUT2D eigenvalue weighted by Crippen LogP contribution is -2.26. The maximum absolute atomic E-state index is 10.7. The third-order valence-electron chi connectivity index (χ3n) is 6.09. The van der Waals surface area contributed by atoms with Gasteiger partial charge in [-0.15, -0.1) is 0 Å². The monoisotopic (exact) mass is 388 g/mol. The van der Waals surface area contributed by atoms with E-state index >= 15 is 0 Å². The van der Waals surface area contributed by atoms with Gasteiger partial charge < -0.3 is 19.7 Å². The van der Waals surface area contributed by atoms with E-state index in [0.29, 0.717) is 44.5 Å². The van der Waals surface area contributed by atoms with Gasteiger partial charge in [-0.2, -0.15) is 0 Å². The predicted molar refractivity (Wildman–Crippen MR) is 108 cm³/mol. The van der Waals surface area contributed by atoms with Crippen molar-refractivity contribution in [1.82, 2.24) is 0 Å². The number of benzene rings is 1. The van der Waals surface area contributed by atoms with Crippen LogP contribution in [0.2, 0.25) is 0 Å². The molecule has 1 heterocycles. The minimum atomic E-state index is -0.729. The van der Waals surface area contributed by atoms with Gasteiger partial charge in [-0.1, -0.05) is 42.5 Å². The number of hydrogen-bond donors (Lipinski definition) is 2. The first-order valence-corrected chi connectivity index (χ1v) is 10.4. The molecule has 3 rings (SSSR count). The van der Waals surface area contributed by atoms with Gasteiger partial charge in [0.2, 0.25) is 0 Å². The molecule has 5 atom stereocenters. The second-order valence-electron chi connectivity index (χ2n) is 8.08. The summed E-state index contributed by atoms with van der Waals surface area (Å²) >= 11 is 0. The SMILES string of the molecule is O=C(O)CCC[C@H]1CC[C@@H]2[C@@H](COCC=Cc3ccccc3)[C@H](O)C[C@@H]2OC1. The molecule has 1 aromatic carbocycles. The van der Waals surface area contributed by atoms with Crippen LogP contribution in [-0.2, 0) is 14.3 Å². The van der Waals surface area contributed by atoms with Gasteiger partial charge in [0.25, 0.3) is 0 Å². The summed E-state index contributed by atoms with van der Waals surface area (Å²) in [6.07, 6.45) is 8.38. The first kappa shape index (κ1) is 21.0. The molecule has 1 aliphatic heterocycles. The maximum Gasteiger partial charge on any atom is 0.303 e. The molecule has 1 saturated heterocycles. The van der Waals surface area contributed by atoms with E-state index in [4.69, 9.17) is 14.6 Å². The Bertz CT molecular complexity index is 629. The molecule has 5 nitrogen and oxygen atoms in total. The fourth-order valence-corrected chi connectivity index (χ4v) is 4.54. The fraction of sp³-hybridized carbons (Fsp3) is 0.609. The van der Waals surface area contributed by atoms with Crippen molar-refractivity contribution in [2.24, 2.45) is 17.8 Å². The molecular weight excluding hydrogens is 356 g/mol. The Morgan fingerprint density at radius 2 is 2.07 bits per heavy atom. The summed E-state index contributed by atoms with van der Waals surface area (Å²) in [4.78, 5) is 10.7. The van der Waals surface area contributed by atoms with Crippen molar-refractivity contribution in [3.63, 3.8) is 0 Å². The van der Waals surface area contributed by atoms with Gasteiger partial charge in [-0.3, -0.25) is 4.79 Å². The van der Waals surface area contributed by atoms with Crippen molar-refractivity contribution < 1.29 is 24.5 Å². The molecule has 0 spiro atoms. The summed E-state index contributed by atoms with van der Waals surface area (Å²) < 4.78 is 12.0. The molecule has 28 heavy (non-hydrogen) atoms. The van der Waals surface area contributed by atoms with Crippen LogP contribution in [0.15, 0.2) is 36.4 Å². The van der Waals surface area contributed by atoms with E-state index in [1.165, 1.54) is 0 Å². The van der Waals surface area contributed by atoms with Crippen LogP contribution in [0.5, 0.6) is 0 Å². The van der Waals surface area contributed by atoms with Gasteiger partial charge in [0.1, 0.15) is 0 Å². The normalized spacial score (nSPS) is 30.2. The number of carbonyl (C=O) groups is 1. The molecule has 154 valence electrons. The predicted octanol–water partition coefficient (Wildman–Crippen LogP) is 3.76.